The Hall–Kier alpha value is -2.58. The third kappa shape index (κ3) is 5.71. The van der Waals surface area contributed by atoms with Gasteiger partial charge in [-0.15, -0.1) is 0 Å². The van der Waals surface area contributed by atoms with Crippen LogP contribution in [0.4, 0.5) is 11.4 Å². The number of carbonyl (C=O) groups excluding carboxylic acids is 1. The van der Waals surface area contributed by atoms with Crippen molar-refractivity contribution in [2.24, 2.45) is 4.99 Å². The number of fused-ring (bicyclic) bond motifs is 1. The fraction of sp³-hybridized carbons (Fsp3) is 0.400. The Morgan fingerprint density at radius 1 is 1.13 bits per heavy atom. The highest BCUT2D eigenvalue weighted by molar-refractivity contribution is 8.18. The first-order chi connectivity index (χ1) is 18.2. The number of anilines is 1. The summed E-state index contributed by atoms with van der Waals surface area (Å²) in [4.78, 5) is 25.6. The number of benzene rings is 2. The molecule has 2 fully saturated rings. The van der Waals surface area contributed by atoms with E-state index in [9.17, 15) is 4.79 Å². The second-order valence-corrected chi connectivity index (χ2v) is 12.0. The summed E-state index contributed by atoms with van der Waals surface area (Å²) in [5.74, 6) is -0.0223. The van der Waals surface area contributed by atoms with Gasteiger partial charge in [0.2, 0.25) is 0 Å². The minimum Gasteiger partial charge on any atom is -0.379 e. The molecule has 3 aliphatic rings. The van der Waals surface area contributed by atoms with Gasteiger partial charge in [-0.3, -0.25) is 14.6 Å². The normalized spacial score (nSPS) is 21.8. The number of halogens is 1. The number of rotatable bonds is 6. The zero-order chi connectivity index (χ0) is 26.9. The van der Waals surface area contributed by atoms with Gasteiger partial charge in [0.25, 0.3) is 5.91 Å². The van der Waals surface area contributed by atoms with Gasteiger partial charge in [0, 0.05) is 49.5 Å². The van der Waals surface area contributed by atoms with Crippen molar-refractivity contribution in [1.29, 1.82) is 0 Å². The molecule has 0 spiro atoms. The van der Waals surface area contributed by atoms with Gasteiger partial charge < -0.3 is 9.64 Å². The summed E-state index contributed by atoms with van der Waals surface area (Å²) in [6.45, 7) is 11.5. The quantitative estimate of drug-likeness (QED) is 0.395. The molecular weight excluding hydrogens is 516 g/mol. The maximum absolute atomic E-state index is 13.7. The van der Waals surface area contributed by atoms with Crippen LogP contribution in [0.2, 0.25) is 5.02 Å². The average molecular weight is 551 g/mol. The number of ether oxygens (including phenoxy) is 1. The zero-order valence-corrected chi connectivity index (χ0v) is 24.1. The number of nitrogens with zero attached hydrogens (tertiary/aromatic N) is 4. The van der Waals surface area contributed by atoms with Crippen molar-refractivity contribution in [2.45, 2.75) is 32.7 Å². The van der Waals surface area contributed by atoms with Crippen LogP contribution >= 0.6 is 23.4 Å². The van der Waals surface area contributed by atoms with Crippen LogP contribution in [0.1, 0.15) is 38.3 Å². The first-order valence-electron chi connectivity index (χ1n) is 13.2. The van der Waals surface area contributed by atoms with Crippen LogP contribution in [-0.4, -0.2) is 72.9 Å². The molecule has 0 N–H and O–H groups in total. The topological polar surface area (TPSA) is 48.4 Å². The highest BCUT2D eigenvalue weighted by Gasteiger charge is 2.34. The van der Waals surface area contributed by atoms with Gasteiger partial charge in [-0.1, -0.05) is 35.9 Å². The number of carbonyl (C=O) groups is 1. The standard InChI is InChI=1S/C30H35ClN4O2S/c1-21-20-30(2,3)33(4)26-19-25(31)22(17-24(21)26)18-27-28(36)35(12-8-11-34-13-15-37-16-14-34)29(38-27)32-23-9-6-5-7-10-23/h5-7,9-10,17-20H,8,11-16H2,1-4H3/b27-18+,32-29?. The molecule has 8 heteroatoms. The smallest absolute Gasteiger partial charge is 0.266 e. The molecule has 0 saturated carbocycles. The van der Waals surface area contributed by atoms with E-state index >= 15 is 0 Å². The van der Waals surface area contributed by atoms with Crippen molar-refractivity contribution in [1.82, 2.24) is 9.80 Å². The lowest BCUT2D eigenvalue weighted by molar-refractivity contribution is -0.122. The first-order valence-corrected chi connectivity index (χ1v) is 14.3. The van der Waals surface area contributed by atoms with E-state index in [0.29, 0.717) is 21.6 Å². The third-order valence-corrected chi connectivity index (χ3v) is 8.78. The van der Waals surface area contributed by atoms with E-state index in [1.54, 1.807) is 0 Å². The van der Waals surface area contributed by atoms with E-state index in [1.165, 1.54) is 17.3 Å². The SMILES string of the molecule is CC1=CC(C)(C)N(C)c2cc(Cl)c(/C=C3/SC(=Nc4ccccc4)N(CCCN4CCOCC4)C3=O)cc21. The molecule has 0 aliphatic carbocycles. The number of morpholine rings is 1. The number of thioether (sulfide) groups is 1. The van der Waals surface area contributed by atoms with Crippen LogP contribution in [-0.2, 0) is 9.53 Å². The van der Waals surface area contributed by atoms with Gasteiger partial charge in [-0.25, -0.2) is 4.99 Å². The maximum Gasteiger partial charge on any atom is 0.266 e. The van der Waals surface area contributed by atoms with Gasteiger partial charge in [0.05, 0.1) is 29.3 Å². The number of allylic oxidation sites excluding steroid dienone is 1. The molecule has 2 saturated heterocycles. The molecular formula is C30H35ClN4O2S. The number of amidine groups is 1. The van der Waals surface area contributed by atoms with Gasteiger partial charge >= 0.3 is 0 Å². The van der Waals surface area contributed by atoms with E-state index in [4.69, 9.17) is 21.3 Å². The lowest BCUT2D eigenvalue weighted by Gasteiger charge is -2.40. The minimum atomic E-state index is -0.0950. The lowest BCUT2D eigenvalue weighted by atomic mass is 9.88. The Kier molecular flexibility index (Phi) is 8.00. The van der Waals surface area contributed by atoms with E-state index < -0.39 is 0 Å². The summed E-state index contributed by atoms with van der Waals surface area (Å²) < 4.78 is 5.46. The zero-order valence-electron chi connectivity index (χ0n) is 22.5. The van der Waals surface area contributed by atoms with Crippen molar-refractivity contribution in [3.05, 3.63) is 69.6 Å². The monoisotopic (exact) mass is 550 g/mol. The summed E-state index contributed by atoms with van der Waals surface area (Å²) in [6, 6.07) is 13.9. The van der Waals surface area contributed by atoms with Crippen LogP contribution in [0.25, 0.3) is 11.6 Å². The Balaban J connectivity index is 1.43. The van der Waals surface area contributed by atoms with Gasteiger partial charge in [0.1, 0.15) is 0 Å². The molecule has 0 bridgehead atoms. The van der Waals surface area contributed by atoms with Crippen LogP contribution in [0.15, 0.2) is 58.4 Å². The highest BCUT2D eigenvalue weighted by Crippen LogP contribution is 2.42. The molecule has 6 nitrogen and oxygen atoms in total. The van der Waals surface area contributed by atoms with E-state index in [2.05, 4.69) is 49.8 Å². The summed E-state index contributed by atoms with van der Waals surface area (Å²) >= 11 is 8.21. The minimum absolute atomic E-state index is 0.0223. The number of amides is 1. The summed E-state index contributed by atoms with van der Waals surface area (Å²) in [5.41, 5.74) is 5.03. The van der Waals surface area contributed by atoms with E-state index in [1.807, 2.05) is 47.4 Å². The Bertz CT molecular complexity index is 1300. The largest absolute Gasteiger partial charge is 0.379 e. The molecule has 2 aromatic rings. The van der Waals surface area contributed by atoms with Crippen molar-refractivity contribution >= 4 is 57.5 Å². The van der Waals surface area contributed by atoms with Crippen LogP contribution in [0.5, 0.6) is 0 Å². The highest BCUT2D eigenvalue weighted by atomic mass is 35.5. The Morgan fingerprint density at radius 2 is 1.87 bits per heavy atom. The maximum atomic E-state index is 13.7. The molecule has 0 atom stereocenters. The van der Waals surface area contributed by atoms with Gasteiger partial charge in [-0.2, -0.15) is 0 Å². The molecule has 3 aliphatic heterocycles. The average Bonchev–Trinajstić information content (AvgIpc) is 3.18. The van der Waals surface area contributed by atoms with Crippen molar-refractivity contribution in [3.8, 4) is 0 Å². The number of hydrogen-bond donors (Lipinski definition) is 0. The van der Waals surface area contributed by atoms with Crippen molar-refractivity contribution < 1.29 is 9.53 Å². The summed E-state index contributed by atoms with van der Waals surface area (Å²) in [6.07, 6.45) is 5.07. The first kappa shape index (κ1) is 27.0. The Labute approximate surface area is 235 Å². The fourth-order valence-corrected chi connectivity index (χ4v) is 6.35. The molecule has 200 valence electrons. The predicted molar refractivity (Wildman–Crippen MR) is 160 cm³/mol. The molecule has 1 amide bonds. The predicted octanol–water partition coefficient (Wildman–Crippen LogP) is 6.30. The Morgan fingerprint density at radius 3 is 2.61 bits per heavy atom. The van der Waals surface area contributed by atoms with Crippen LogP contribution in [0.3, 0.4) is 0 Å². The van der Waals surface area contributed by atoms with Crippen molar-refractivity contribution in [2.75, 3.05) is 51.3 Å². The number of likely N-dealkylation sites (N-methyl/N-ethyl adjacent to an activating group) is 1. The number of para-hydroxylation sites is 1. The summed E-state index contributed by atoms with van der Waals surface area (Å²) in [5, 5.41) is 1.34. The lowest BCUT2D eigenvalue weighted by Crippen LogP contribution is -2.42. The second-order valence-electron chi connectivity index (χ2n) is 10.5. The molecule has 0 unspecified atom stereocenters. The van der Waals surface area contributed by atoms with Crippen LogP contribution < -0.4 is 4.90 Å². The second kappa shape index (κ2) is 11.3. The summed E-state index contributed by atoms with van der Waals surface area (Å²) in [7, 11) is 2.09. The van der Waals surface area contributed by atoms with E-state index in [-0.39, 0.29) is 11.4 Å². The number of aliphatic imine (C=N–C) groups is 1. The van der Waals surface area contributed by atoms with Gasteiger partial charge in [0.15, 0.2) is 5.17 Å². The van der Waals surface area contributed by atoms with Crippen LogP contribution in [0, 0.1) is 0 Å². The molecule has 38 heavy (non-hydrogen) atoms. The molecule has 3 heterocycles. The van der Waals surface area contributed by atoms with E-state index in [0.717, 1.165) is 61.8 Å². The molecule has 2 aromatic carbocycles. The molecule has 0 radical (unpaired) electrons. The van der Waals surface area contributed by atoms with Gasteiger partial charge in [-0.05, 0) is 80.4 Å². The molecule has 0 aromatic heterocycles. The third-order valence-electron chi connectivity index (χ3n) is 7.45. The fourth-order valence-electron chi connectivity index (χ4n) is 5.12. The van der Waals surface area contributed by atoms with Crippen molar-refractivity contribution in [3.63, 3.8) is 0 Å². The molecule has 5 rings (SSSR count). The number of hydrogen-bond acceptors (Lipinski definition) is 6.